The second kappa shape index (κ2) is 3.89. The number of rotatable bonds is 3. The summed E-state index contributed by atoms with van der Waals surface area (Å²) in [4.78, 5) is 0. The summed E-state index contributed by atoms with van der Waals surface area (Å²) in [6.07, 6.45) is 6.91. The molecule has 1 saturated carbocycles. The minimum Gasteiger partial charge on any atom is -0.320 e. The van der Waals surface area contributed by atoms with Gasteiger partial charge < -0.3 is 5.32 Å². The second-order valence-corrected chi connectivity index (χ2v) is 5.44. The van der Waals surface area contributed by atoms with Crippen LogP contribution in [-0.4, -0.2) is 13.6 Å². The van der Waals surface area contributed by atoms with Crippen LogP contribution in [0, 0.1) is 5.92 Å². The smallest absolute Gasteiger partial charge is 0.00148 e. The third kappa shape index (κ3) is 1.49. The van der Waals surface area contributed by atoms with E-state index in [2.05, 4.69) is 36.6 Å². The van der Waals surface area contributed by atoms with Gasteiger partial charge in [0.25, 0.3) is 0 Å². The minimum absolute atomic E-state index is 0.589. The maximum Gasteiger partial charge on any atom is -0.00148 e. The Balaban J connectivity index is 1.88. The molecule has 2 aliphatic rings. The van der Waals surface area contributed by atoms with E-state index >= 15 is 0 Å². The summed E-state index contributed by atoms with van der Waals surface area (Å²) < 4.78 is 0. The molecule has 2 aliphatic carbocycles. The lowest BCUT2D eigenvalue weighted by molar-refractivity contribution is 0.328. The molecule has 1 N–H and O–H groups in total. The van der Waals surface area contributed by atoms with Crippen LogP contribution in [-0.2, 0) is 11.8 Å². The van der Waals surface area contributed by atoms with Gasteiger partial charge in [-0.2, -0.15) is 0 Å². The largest absolute Gasteiger partial charge is 0.320 e. The van der Waals surface area contributed by atoms with Gasteiger partial charge in [0.05, 0.1) is 0 Å². The first kappa shape index (κ1) is 10.3. The molecule has 1 unspecified atom stereocenters. The van der Waals surface area contributed by atoms with E-state index < -0.39 is 0 Å². The van der Waals surface area contributed by atoms with Gasteiger partial charge in [0.15, 0.2) is 0 Å². The van der Waals surface area contributed by atoms with Crippen LogP contribution in [0.1, 0.15) is 36.8 Å². The Kier molecular flexibility index (Phi) is 2.51. The van der Waals surface area contributed by atoms with Gasteiger partial charge in [-0.25, -0.2) is 0 Å². The molecule has 1 spiro atoms. The molecule has 3 rings (SSSR count). The van der Waals surface area contributed by atoms with Crippen molar-refractivity contribution in [3.05, 3.63) is 35.4 Å². The zero-order valence-electron chi connectivity index (χ0n) is 10.1. The third-order valence-electron chi connectivity index (χ3n) is 4.63. The van der Waals surface area contributed by atoms with Crippen LogP contribution < -0.4 is 5.32 Å². The summed E-state index contributed by atoms with van der Waals surface area (Å²) in [5.74, 6) is 0.926. The first-order chi connectivity index (χ1) is 7.87. The van der Waals surface area contributed by atoms with Crippen molar-refractivity contribution in [3.63, 3.8) is 0 Å². The molecule has 0 aromatic heterocycles. The molecular weight excluding hydrogens is 194 g/mol. The molecule has 1 atom stereocenters. The first-order valence-electron chi connectivity index (χ1n) is 6.60. The molecule has 1 nitrogen and oxygen atoms in total. The van der Waals surface area contributed by atoms with E-state index in [0.29, 0.717) is 5.41 Å². The molecule has 0 amide bonds. The Hall–Kier alpha value is -0.820. The van der Waals surface area contributed by atoms with Crippen molar-refractivity contribution in [1.82, 2.24) is 5.32 Å². The molecular formula is C15H21N. The van der Waals surface area contributed by atoms with Crippen LogP contribution in [0.25, 0.3) is 0 Å². The maximum atomic E-state index is 3.30. The van der Waals surface area contributed by atoms with Crippen LogP contribution in [0.5, 0.6) is 0 Å². The van der Waals surface area contributed by atoms with Gasteiger partial charge in [-0.05, 0) is 68.2 Å². The average Bonchev–Trinajstić information content (AvgIpc) is 3.10. The second-order valence-electron chi connectivity index (χ2n) is 5.44. The van der Waals surface area contributed by atoms with Gasteiger partial charge in [0.2, 0.25) is 0 Å². The van der Waals surface area contributed by atoms with Gasteiger partial charge in [-0.1, -0.05) is 24.3 Å². The van der Waals surface area contributed by atoms with Crippen LogP contribution in [0.4, 0.5) is 0 Å². The Morgan fingerprint density at radius 1 is 1.31 bits per heavy atom. The van der Waals surface area contributed by atoms with Gasteiger partial charge in [0, 0.05) is 0 Å². The number of hydrogen-bond donors (Lipinski definition) is 1. The monoisotopic (exact) mass is 215 g/mol. The third-order valence-corrected chi connectivity index (χ3v) is 4.63. The molecule has 1 aromatic carbocycles. The van der Waals surface area contributed by atoms with E-state index in [4.69, 9.17) is 0 Å². The zero-order chi connectivity index (χ0) is 11.0. The predicted molar refractivity (Wildman–Crippen MR) is 67.7 cm³/mol. The Bertz CT molecular complexity index is 379. The maximum absolute atomic E-state index is 3.30. The molecule has 1 heteroatoms. The summed E-state index contributed by atoms with van der Waals surface area (Å²) in [5, 5.41) is 3.30. The van der Waals surface area contributed by atoms with E-state index in [1.165, 1.54) is 38.6 Å². The summed E-state index contributed by atoms with van der Waals surface area (Å²) in [6.45, 7) is 1.18. The lowest BCUT2D eigenvalue weighted by Crippen LogP contribution is -2.29. The van der Waals surface area contributed by atoms with Crippen molar-refractivity contribution in [3.8, 4) is 0 Å². The Morgan fingerprint density at radius 3 is 2.88 bits per heavy atom. The molecule has 0 bridgehead atoms. The first-order valence-corrected chi connectivity index (χ1v) is 6.60. The summed E-state index contributed by atoms with van der Waals surface area (Å²) >= 11 is 0. The molecule has 0 saturated heterocycles. The summed E-state index contributed by atoms with van der Waals surface area (Å²) in [7, 11) is 2.07. The van der Waals surface area contributed by atoms with Gasteiger partial charge in [-0.15, -0.1) is 0 Å². The van der Waals surface area contributed by atoms with Crippen molar-refractivity contribution < 1.29 is 0 Å². The lowest BCUT2D eigenvalue weighted by atomic mass is 9.71. The quantitative estimate of drug-likeness (QED) is 0.817. The highest BCUT2D eigenvalue weighted by Crippen LogP contribution is 2.59. The highest BCUT2D eigenvalue weighted by Gasteiger charge is 2.52. The van der Waals surface area contributed by atoms with Crippen molar-refractivity contribution in [1.29, 1.82) is 0 Å². The highest BCUT2D eigenvalue weighted by atomic mass is 14.8. The summed E-state index contributed by atoms with van der Waals surface area (Å²) in [5.41, 5.74) is 3.90. The van der Waals surface area contributed by atoms with E-state index in [1.54, 1.807) is 11.1 Å². The van der Waals surface area contributed by atoms with Crippen molar-refractivity contribution in [2.45, 2.75) is 37.5 Å². The van der Waals surface area contributed by atoms with Crippen LogP contribution >= 0.6 is 0 Å². The SMILES string of the molecule is CNCCC1CCc2ccccc2C12CC2. The molecule has 1 fully saturated rings. The van der Waals surface area contributed by atoms with Gasteiger partial charge in [-0.3, -0.25) is 0 Å². The zero-order valence-corrected chi connectivity index (χ0v) is 10.1. The summed E-state index contributed by atoms with van der Waals surface area (Å²) in [6, 6.07) is 9.14. The van der Waals surface area contributed by atoms with Crippen LogP contribution in [0.3, 0.4) is 0 Å². The number of fused-ring (bicyclic) bond motifs is 2. The fraction of sp³-hybridized carbons (Fsp3) is 0.600. The van der Waals surface area contributed by atoms with Crippen molar-refractivity contribution in [2.24, 2.45) is 5.92 Å². The van der Waals surface area contributed by atoms with E-state index in [-0.39, 0.29) is 0 Å². The van der Waals surface area contributed by atoms with E-state index in [9.17, 15) is 0 Å². The Labute approximate surface area is 98.3 Å². The molecule has 0 heterocycles. The lowest BCUT2D eigenvalue weighted by Gasteiger charge is -2.34. The van der Waals surface area contributed by atoms with E-state index in [0.717, 1.165) is 5.92 Å². The fourth-order valence-corrected chi connectivity index (χ4v) is 3.60. The fourth-order valence-electron chi connectivity index (χ4n) is 3.60. The van der Waals surface area contributed by atoms with Crippen molar-refractivity contribution >= 4 is 0 Å². The standard InChI is InChI=1S/C15H21N/c1-16-11-8-13-7-6-12-4-2-3-5-14(12)15(13)9-10-15/h2-5,13,16H,6-11H2,1H3. The van der Waals surface area contributed by atoms with Crippen molar-refractivity contribution in [2.75, 3.05) is 13.6 Å². The number of aryl methyl sites for hydroxylation is 1. The number of nitrogens with one attached hydrogen (secondary N) is 1. The average molecular weight is 215 g/mol. The number of benzene rings is 1. The molecule has 0 radical (unpaired) electrons. The van der Waals surface area contributed by atoms with Gasteiger partial charge in [0.1, 0.15) is 0 Å². The minimum atomic E-state index is 0.589. The van der Waals surface area contributed by atoms with E-state index in [1.807, 2.05) is 0 Å². The van der Waals surface area contributed by atoms with Crippen LogP contribution in [0.2, 0.25) is 0 Å². The number of hydrogen-bond acceptors (Lipinski definition) is 1. The molecule has 0 aliphatic heterocycles. The van der Waals surface area contributed by atoms with Gasteiger partial charge >= 0.3 is 0 Å². The van der Waals surface area contributed by atoms with Crippen LogP contribution in [0.15, 0.2) is 24.3 Å². The molecule has 1 aromatic rings. The normalized spacial score (nSPS) is 25.4. The predicted octanol–water partition coefficient (Wildman–Crippen LogP) is 2.89. The Morgan fingerprint density at radius 2 is 2.12 bits per heavy atom. The molecule has 86 valence electrons. The highest BCUT2D eigenvalue weighted by molar-refractivity contribution is 5.41. The molecule has 16 heavy (non-hydrogen) atoms. The topological polar surface area (TPSA) is 12.0 Å².